The van der Waals surface area contributed by atoms with Gasteiger partial charge in [-0.15, -0.1) is 10.2 Å². The second-order valence-electron chi connectivity index (χ2n) is 7.29. The van der Waals surface area contributed by atoms with Crippen LogP contribution in [0.4, 0.5) is 11.4 Å². The number of ether oxygens (including phenoxy) is 1. The van der Waals surface area contributed by atoms with Crippen LogP contribution >= 0.6 is 0 Å². The van der Waals surface area contributed by atoms with E-state index in [1.165, 1.54) is 31.2 Å². The highest BCUT2D eigenvalue weighted by atomic mass is 16.6. The minimum absolute atomic E-state index is 0.0000414. The average Bonchev–Trinajstić information content (AvgIpc) is 3.13. The molecule has 34 heavy (non-hydrogen) atoms. The Morgan fingerprint density at radius 2 is 1.71 bits per heavy atom. The maximum Gasteiger partial charge on any atom is 0.295 e. The normalized spacial score (nSPS) is 11.1. The van der Waals surface area contributed by atoms with Crippen molar-refractivity contribution in [2.24, 2.45) is 10.2 Å². The van der Waals surface area contributed by atoms with Crippen LogP contribution in [0.15, 0.2) is 83.0 Å². The summed E-state index contributed by atoms with van der Waals surface area (Å²) in [5, 5.41) is 29.2. The number of benzene rings is 3. The smallest absolute Gasteiger partial charge is 0.295 e. The first-order valence-electron chi connectivity index (χ1n) is 10.1. The first-order valence-corrected chi connectivity index (χ1v) is 10.1. The number of azo groups is 1. The number of aromatic nitrogens is 1. The number of nitrogens with zero attached hydrogens (tertiary/aromatic N) is 4. The second kappa shape index (κ2) is 9.33. The lowest BCUT2D eigenvalue weighted by atomic mass is 10.2. The van der Waals surface area contributed by atoms with Crippen LogP contribution in [0.5, 0.6) is 11.6 Å². The van der Waals surface area contributed by atoms with Crippen LogP contribution in [0, 0.1) is 10.1 Å². The first-order chi connectivity index (χ1) is 16.3. The summed E-state index contributed by atoms with van der Waals surface area (Å²) in [7, 11) is 0. The summed E-state index contributed by atoms with van der Waals surface area (Å²) >= 11 is 0. The summed E-state index contributed by atoms with van der Waals surface area (Å²) < 4.78 is 6.74. The molecule has 0 aliphatic carbocycles. The van der Waals surface area contributed by atoms with E-state index in [9.17, 15) is 24.8 Å². The molecule has 1 amide bonds. The number of para-hydroxylation sites is 1. The number of fused-ring (bicyclic) bond motifs is 1. The largest absolute Gasteiger partial charge is 0.493 e. The molecule has 170 valence electrons. The van der Waals surface area contributed by atoms with Crippen LogP contribution in [0.1, 0.15) is 27.6 Å². The van der Waals surface area contributed by atoms with E-state index < -0.39 is 16.7 Å². The summed E-state index contributed by atoms with van der Waals surface area (Å²) in [5.41, 5.74) is 1.50. The molecule has 1 N–H and O–H groups in total. The topological polar surface area (TPSA) is 136 Å². The molecule has 0 fully saturated rings. The lowest BCUT2D eigenvalue weighted by Gasteiger charge is -2.06. The van der Waals surface area contributed by atoms with Crippen molar-refractivity contribution < 1.29 is 24.4 Å². The van der Waals surface area contributed by atoms with E-state index in [1.807, 2.05) is 0 Å². The van der Waals surface area contributed by atoms with Gasteiger partial charge in [-0.3, -0.25) is 19.7 Å². The predicted molar refractivity (Wildman–Crippen MR) is 123 cm³/mol. The van der Waals surface area contributed by atoms with Gasteiger partial charge in [-0.2, -0.15) is 0 Å². The standard InChI is InChI=1S/C24H18N4O6/c1-15(29)27-21-5-3-2-4-20(21)22(24(27)31)25-26-23(30)17-8-12-19(13-9-17)34-14-16-6-10-18(11-7-16)28(32)33/h2-13,31H,14H2,1H3. The highest BCUT2D eigenvalue weighted by Gasteiger charge is 2.19. The Morgan fingerprint density at radius 1 is 1.03 bits per heavy atom. The molecule has 0 bridgehead atoms. The van der Waals surface area contributed by atoms with Crippen LogP contribution in [0.3, 0.4) is 0 Å². The number of amides is 1. The Bertz CT molecular complexity index is 1420. The fourth-order valence-electron chi connectivity index (χ4n) is 3.35. The maximum atomic E-state index is 12.5. The highest BCUT2D eigenvalue weighted by Crippen LogP contribution is 2.38. The zero-order valence-electron chi connectivity index (χ0n) is 17.9. The summed E-state index contributed by atoms with van der Waals surface area (Å²) in [4.78, 5) is 34.6. The number of rotatable bonds is 6. The van der Waals surface area contributed by atoms with Gasteiger partial charge in [0.25, 0.3) is 11.6 Å². The molecule has 0 saturated carbocycles. The lowest BCUT2D eigenvalue weighted by molar-refractivity contribution is -0.384. The number of carbonyl (C=O) groups excluding carboxylic acids is 2. The first kappa shape index (κ1) is 22.3. The van der Waals surface area contributed by atoms with E-state index in [-0.39, 0.29) is 29.4 Å². The molecular weight excluding hydrogens is 440 g/mol. The number of hydrogen-bond donors (Lipinski definition) is 1. The fraction of sp³-hybridized carbons (Fsp3) is 0.0833. The van der Waals surface area contributed by atoms with E-state index in [0.717, 1.165) is 10.1 Å². The summed E-state index contributed by atoms with van der Waals surface area (Å²) in [6.45, 7) is 1.51. The van der Waals surface area contributed by atoms with Gasteiger partial charge in [0, 0.05) is 30.0 Å². The highest BCUT2D eigenvalue weighted by molar-refractivity contribution is 6.02. The second-order valence-corrected chi connectivity index (χ2v) is 7.29. The number of hydrogen-bond acceptors (Lipinski definition) is 7. The molecule has 1 aromatic heterocycles. The van der Waals surface area contributed by atoms with Gasteiger partial charge in [-0.1, -0.05) is 18.2 Å². The number of carbonyl (C=O) groups is 2. The van der Waals surface area contributed by atoms with Gasteiger partial charge in [0.2, 0.25) is 11.8 Å². The molecule has 4 aromatic rings. The molecule has 0 saturated heterocycles. The monoisotopic (exact) mass is 458 g/mol. The van der Waals surface area contributed by atoms with Gasteiger partial charge in [0.1, 0.15) is 12.4 Å². The van der Waals surface area contributed by atoms with Gasteiger partial charge in [-0.25, -0.2) is 4.57 Å². The van der Waals surface area contributed by atoms with Gasteiger partial charge >= 0.3 is 0 Å². The average molecular weight is 458 g/mol. The Hall–Kier alpha value is -4.86. The number of nitro benzene ring substituents is 1. The molecule has 10 nitrogen and oxygen atoms in total. The van der Waals surface area contributed by atoms with Gasteiger partial charge < -0.3 is 9.84 Å². The molecule has 0 atom stereocenters. The van der Waals surface area contributed by atoms with Gasteiger partial charge in [-0.05, 0) is 48.0 Å². The minimum Gasteiger partial charge on any atom is -0.493 e. The molecule has 10 heteroatoms. The van der Waals surface area contributed by atoms with Crippen molar-refractivity contribution in [3.05, 3.63) is 94.0 Å². The zero-order chi connectivity index (χ0) is 24.2. The molecule has 0 radical (unpaired) electrons. The number of aromatic hydroxyl groups is 1. The molecule has 3 aromatic carbocycles. The van der Waals surface area contributed by atoms with E-state index in [2.05, 4.69) is 10.2 Å². The fourth-order valence-corrected chi connectivity index (χ4v) is 3.35. The third-order valence-corrected chi connectivity index (χ3v) is 5.03. The van der Waals surface area contributed by atoms with Crippen molar-refractivity contribution in [2.75, 3.05) is 0 Å². The quantitative estimate of drug-likeness (QED) is 0.233. The van der Waals surface area contributed by atoms with Crippen LogP contribution in [0.25, 0.3) is 10.9 Å². The molecule has 4 rings (SSSR count). The minimum atomic E-state index is -0.638. The van der Waals surface area contributed by atoms with Crippen molar-refractivity contribution in [3.8, 4) is 11.6 Å². The Kier molecular flexibility index (Phi) is 6.13. The SMILES string of the molecule is CC(=O)n1c(O)c(N=NC(=O)c2ccc(OCc3ccc([N+](=O)[O-])cc3)cc2)c2ccccc21. The third kappa shape index (κ3) is 4.51. The van der Waals surface area contributed by atoms with Gasteiger partial charge in [0.15, 0.2) is 5.69 Å². The molecule has 0 aliphatic rings. The molecule has 0 spiro atoms. The van der Waals surface area contributed by atoms with Crippen LogP contribution in [-0.2, 0) is 6.61 Å². The number of nitro groups is 1. The Morgan fingerprint density at radius 3 is 2.35 bits per heavy atom. The van der Waals surface area contributed by atoms with Crippen molar-refractivity contribution in [2.45, 2.75) is 13.5 Å². The molecule has 0 unspecified atom stereocenters. The molecule has 1 heterocycles. The summed E-state index contributed by atoms with van der Waals surface area (Å²) in [5.74, 6) is -0.930. The zero-order valence-corrected chi connectivity index (χ0v) is 17.9. The van der Waals surface area contributed by atoms with Crippen molar-refractivity contribution >= 4 is 34.1 Å². The Labute approximate surface area is 192 Å². The van der Waals surface area contributed by atoms with Crippen LogP contribution < -0.4 is 4.74 Å². The number of non-ortho nitro benzene ring substituents is 1. The van der Waals surface area contributed by atoms with E-state index >= 15 is 0 Å². The molecular formula is C24H18N4O6. The maximum absolute atomic E-state index is 12.5. The lowest BCUT2D eigenvalue weighted by Crippen LogP contribution is -2.03. The van der Waals surface area contributed by atoms with Crippen molar-refractivity contribution in [1.82, 2.24) is 4.57 Å². The van der Waals surface area contributed by atoms with Crippen molar-refractivity contribution in [1.29, 1.82) is 0 Å². The molecule has 0 aliphatic heterocycles. The van der Waals surface area contributed by atoms with Crippen LogP contribution in [-0.4, -0.2) is 26.4 Å². The predicted octanol–water partition coefficient (Wildman–Crippen LogP) is 5.42. The van der Waals surface area contributed by atoms with E-state index in [4.69, 9.17) is 4.74 Å². The van der Waals surface area contributed by atoms with E-state index in [0.29, 0.717) is 16.7 Å². The summed E-state index contributed by atoms with van der Waals surface area (Å²) in [6.07, 6.45) is 0. The van der Waals surface area contributed by atoms with Gasteiger partial charge in [0.05, 0.1) is 10.4 Å². The van der Waals surface area contributed by atoms with Crippen LogP contribution in [0.2, 0.25) is 0 Å². The van der Waals surface area contributed by atoms with E-state index in [1.54, 1.807) is 48.5 Å². The Balaban J connectivity index is 1.46. The third-order valence-electron chi connectivity index (χ3n) is 5.03. The summed E-state index contributed by atoms with van der Waals surface area (Å²) in [6, 6.07) is 19.0. The van der Waals surface area contributed by atoms with Crippen molar-refractivity contribution in [3.63, 3.8) is 0 Å².